The van der Waals surface area contributed by atoms with E-state index in [9.17, 15) is 9.59 Å². The molecule has 24 heavy (non-hydrogen) atoms. The van der Waals surface area contributed by atoms with Gasteiger partial charge in [-0.1, -0.05) is 39.3 Å². The molecule has 3 fully saturated rings. The van der Waals surface area contributed by atoms with Crippen LogP contribution in [-0.4, -0.2) is 23.6 Å². The molecule has 5 rings (SSSR count). The van der Waals surface area contributed by atoms with Crippen LogP contribution < -0.4 is 0 Å². The summed E-state index contributed by atoms with van der Waals surface area (Å²) in [6.45, 7) is 12.5. The second kappa shape index (κ2) is 4.25. The maximum Gasteiger partial charge on any atom is 0.351 e. The highest BCUT2D eigenvalue weighted by molar-refractivity contribution is 5.93. The highest BCUT2D eigenvalue weighted by Crippen LogP contribution is 2.67. The molecule has 4 bridgehead atoms. The lowest BCUT2D eigenvalue weighted by atomic mass is 9.47. The lowest BCUT2D eigenvalue weighted by Crippen LogP contribution is -2.63. The van der Waals surface area contributed by atoms with E-state index in [0.29, 0.717) is 18.8 Å². The summed E-state index contributed by atoms with van der Waals surface area (Å²) in [4.78, 5) is 25.5. The van der Waals surface area contributed by atoms with Gasteiger partial charge in [0.15, 0.2) is 0 Å². The Bertz CT molecular complexity index is 673. The number of carbonyl (C=O) groups excluding carboxylic acids is 2. The van der Waals surface area contributed by atoms with Crippen LogP contribution in [0.5, 0.6) is 0 Å². The van der Waals surface area contributed by atoms with Crippen LogP contribution in [0.4, 0.5) is 0 Å². The standard InChI is InChI=1S/C20H28O4/c1-11-7-8-12-14(13(11)17(12,2)3)23-16(22)20-10-9-19(6,15(21)24-20)18(20,4)5/h7,12-14H,8-10H2,1-6H3/t12-,13+,14+,19+,20-/m1/s1. The summed E-state index contributed by atoms with van der Waals surface area (Å²) < 4.78 is 11.7. The lowest BCUT2D eigenvalue weighted by Gasteiger charge is -2.60. The minimum absolute atomic E-state index is 0.0752. The maximum atomic E-state index is 13.2. The Morgan fingerprint density at radius 3 is 2.33 bits per heavy atom. The zero-order valence-corrected chi connectivity index (χ0v) is 15.6. The van der Waals surface area contributed by atoms with Gasteiger partial charge in [-0.3, -0.25) is 4.79 Å². The second-order valence-corrected chi connectivity index (χ2v) is 9.63. The first-order chi connectivity index (χ1) is 11.0. The van der Waals surface area contributed by atoms with Gasteiger partial charge in [-0.2, -0.15) is 0 Å². The summed E-state index contributed by atoms with van der Waals surface area (Å²) >= 11 is 0. The van der Waals surface area contributed by atoms with Gasteiger partial charge in [-0.15, -0.1) is 0 Å². The fourth-order valence-electron chi connectivity index (χ4n) is 5.99. The molecular weight excluding hydrogens is 304 g/mol. The first-order valence-electron chi connectivity index (χ1n) is 9.10. The molecule has 4 heteroatoms. The highest BCUT2D eigenvalue weighted by Gasteiger charge is 2.77. The molecule has 0 N–H and O–H groups in total. The lowest BCUT2D eigenvalue weighted by molar-refractivity contribution is -0.216. The molecule has 0 aromatic carbocycles. The fourth-order valence-corrected chi connectivity index (χ4v) is 5.99. The first kappa shape index (κ1) is 16.2. The quantitative estimate of drug-likeness (QED) is 0.572. The molecule has 0 amide bonds. The largest absolute Gasteiger partial charge is 0.458 e. The molecule has 1 aliphatic heterocycles. The van der Waals surface area contributed by atoms with Crippen molar-refractivity contribution in [1.82, 2.24) is 0 Å². The summed E-state index contributed by atoms with van der Waals surface area (Å²) in [5.74, 6) is 0.0670. The average molecular weight is 332 g/mol. The summed E-state index contributed by atoms with van der Waals surface area (Å²) in [6, 6.07) is 0. The molecular formula is C20H28O4. The molecule has 5 aliphatic rings. The molecule has 0 aromatic heterocycles. The van der Waals surface area contributed by atoms with Gasteiger partial charge in [0.05, 0.1) is 5.41 Å². The van der Waals surface area contributed by atoms with Gasteiger partial charge in [-0.25, -0.2) is 4.79 Å². The van der Waals surface area contributed by atoms with E-state index in [4.69, 9.17) is 9.47 Å². The van der Waals surface area contributed by atoms with E-state index in [1.165, 1.54) is 5.57 Å². The molecule has 1 heterocycles. The third kappa shape index (κ3) is 1.48. The molecule has 0 spiro atoms. The molecule has 0 aromatic rings. The van der Waals surface area contributed by atoms with E-state index in [-0.39, 0.29) is 29.4 Å². The van der Waals surface area contributed by atoms with Crippen LogP contribution in [0.1, 0.15) is 60.8 Å². The zero-order valence-electron chi connectivity index (χ0n) is 15.6. The topological polar surface area (TPSA) is 52.6 Å². The minimum atomic E-state index is -1.11. The number of carbonyl (C=O) groups is 2. The van der Waals surface area contributed by atoms with Crippen molar-refractivity contribution >= 4 is 11.9 Å². The summed E-state index contributed by atoms with van der Waals surface area (Å²) in [6.07, 6.45) is 4.42. The van der Waals surface area contributed by atoms with Crippen molar-refractivity contribution < 1.29 is 19.1 Å². The normalized spacial score (nSPS) is 46.8. The van der Waals surface area contributed by atoms with Crippen molar-refractivity contribution in [2.45, 2.75) is 72.5 Å². The smallest absolute Gasteiger partial charge is 0.351 e. The molecule has 0 unspecified atom stereocenters. The van der Waals surface area contributed by atoms with Crippen molar-refractivity contribution in [3.63, 3.8) is 0 Å². The van der Waals surface area contributed by atoms with Crippen LogP contribution in [0, 0.1) is 28.1 Å². The number of hydrogen-bond donors (Lipinski definition) is 0. The van der Waals surface area contributed by atoms with Gasteiger partial charge in [0.2, 0.25) is 5.60 Å². The van der Waals surface area contributed by atoms with E-state index in [2.05, 4.69) is 26.8 Å². The van der Waals surface area contributed by atoms with Crippen molar-refractivity contribution in [3.05, 3.63) is 11.6 Å². The summed E-state index contributed by atoms with van der Waals surface area (Å²) in [7, 11) is 0. The maximum absolute atomic E-state index is 13.2. The van der Waals surface area contributed by atoms with Crippen LogP contribution in [0.15, 0.2) is 11.6 Å². The van der Waals surface area contributed by atoms with Gasteiger partial charge in [-0.05, 0) is 38.5 Å². The van der Waals surface area contributed by atoms with E-state index in [1.54, 1.807) is 0 Å². The van der Waals surface area contributed by atoms with E-state index in [1.807, 2.05) is 20.8 Å². The predicted octanol–water partition coefficient (Wildman–Crippen LogP) is 3.64. The molecule has 4 nitrogen and oxygen atoms in total. The van der Waals surface area contributed by atoms with Crippen molar-refractivity contribution in [2.75, 3.05) is 0 Å². The summed E-state index contributed by atoms with van der Waals surface area (Å²) in [5.41, 5.74) is -0.737. The van der Waals surface area contributed by atoms with Crippen LogP contribution in [0.2, 0.25) is 0 Å². The van der Waals surface area contributed by atoms with E-state index < -0.39 is 16.4 Å². The highest BCUT2D eigenvalue weighted by atomic mass is 16.6. The van der Waals surface area contributed by atoms with Crippen LogP contribution in [0.25, 0.3) is 0 Å². The Hall–Kier alpha value is -1.32. The number of rotatable bonds is 2. The van der Waals surface area contributed by atoms with Gasteiger partial charge in [0, 0.05) is 17.3 Å². The number of fused-ring (bicyclic) bond motifs is 3. The third-order valence-corrected chi connectivity index (χ3v) is 8.32. The van der Waals surface area contributed by atoms with Gasteiger partial charge >= 0.3 is 11.9 Å². The number of ether oxygens (including phenoxy) is 2. The second-order valence-electron chi connectivity index (χ2n) is 9.63. The Labute approximate surface area is 144 Å². The predicted molar refractivity (Wildman–Crippen MR) is 89.0 cm³/mol. The minimum Gasteiger partial charge on any atom is -0.458 e. The molecule has 4 aliphatic carbocycles. The Balaban J connectivity index is 1.61. The third-order valence-electron chi connectivity index (χ3n) is 8.32. The van der Waals surface area contributed by atoms with Crippen molar-refractivity contribution in [1.29, 1.82) is 0 Å². The van der Waals surface area contributed by atoms with E-state index >= 15 is 0 Å². The van der Waals surface area contributed by atoms with Crippen LogP contribution >= 0.6 is 0 Å². The van der Waals surface area contributed by atoms with Crippen LogP contribution in [-0.2, 0) is 19.1 Å². The van der Waals surface area contributed by atoms with Crippen molar-refractivity contribution in [2.24, 2.45) is 28.1 Å². The van der Waals surface area contributed by atoms with Gasteiger partial charge < -0.3 is 9.47 Å². The van der Waals surface area contributed by atoms with Gasteiger partial charge in [0.1, 0.15) is 6.10 Å². The average Bonchev–Trinajstić information content (AvgIpc) is 2.77. The van der Waals surface area contributed by atoms with Crippen LogP contribution in [0.3, 0.4) is 0 Å². The van der Waals surface area contributed by atoms with E-state index in [0.717, 1.165) is 6.42 Å². The molecule has 132 valence electrons. The van der Waals surface area contributed by atoms with Gasteiger partial charge in [0.25, 0.3) is 0 Å². The first-order valence-corrected chi connectivity index (χ1v) is 9.10. The Morgan fingerprint density at radius 1 is 1.21 bits per heavy atom. The Kier molecular flexibility index (Phi) is 2.87. The molecule has 5 atom stereocenters. The molecule has 1 saturated heterocycles. The summed E-state index contributed by atoms with van der Waals surface area (Å²) in [5, 5.41) is 0. The van der Waals surface area contributed by atoms with Crippen molar-refractivity contribution in [3.8, 4) is 0 Å². The fraction of sp³-hybridized carbons (Fsp3) is 0.800. The monoisotopic (exact) mass is 332 g/mol. The molecule has 0 radical (unpaired) electrons. The number of hydrogen-bond acceptors (Lipinski definition) is 4. The molecule has 2 saturated carbocycles. The zero-order chi connectivity index (χ0) is 17.7. The Morgan fingerprint density at radius 2 is 1.88 bits per heavy atom. The number of esters is 2. The number of allylic oxidation sites excluding steroid dienone is 1. The SMILES string of the molecule is CC1=CC[C@@H]2[C@H](OC(=O)[C@@]34CC[C@@](C)(C(=O)O3)C4(C)C)[C@H]1C2(C)C.